The minimum Gasteiger partial charge on any atom is -0.375 e. The molecular formula is C24H40Cl2O3. The topological polar surface area (TPSA) is 27.7 Å². The molecule has 3 atom stereocenters. The monoisotopic (exact) mass is 446 g/mol. The zero-order chi connectivity index (χ0) is 20.1. The molecule has 4 saturated carbocycles. The number of ether oxygens (including phenoxy) is 3. The third-order valence-corrected chi connectivity index (χ3v) is 8.47. The Balaban J connectivity index is 1.11. The highest BCUT2D eigenvalue weighted by atomic mass is 35.5. The van der Waals surface area contributed by atoms with Gasteiger partial charge in [0.2, 0.25) is 0 Å². The first kappa shape index (κ1) is 22.6. The summed E-state index contributed by atoms with van der Waals surface area (Å²) in [6.45, 7) is 0. The van der Waals surface area contributed by atoms with Crippen LogP contribution in [0.2, 0.25) is 0 Å². The van der Waals surface area contributed by atoms with E-state index in [1.165, 1.54) is 57.8 Å². The maximum Gasteiger partial charge on any atom is 0.0756 e. The van der Waals surface area contributed by atoms with E-state index in [2.05, 4.69) is 0 Å². The van der Waals surface area contributed by atoms with Crippen molar-refractivity contribution >= 4 is 23.2 Å². The molecule has 0 radical (unpaired) electrons. The first-order valence-corrected chi connectivity index (χ1v) is 13.3. The fraction of sp³-hybridized carbons (Fsp3) is 1.00. The number of hydrogen-bond acceptors (Lipinski definition) is 3. The molecule has 0 saturated heterocycles. The number of hydrogen-bond donors (Lipinski definition) is 0. The minimum atomic E-state index is 0.130. The maximum atomic E-state index is 6.49. The first-order chi connectivity index (χ1) is 14.2. The molecular weight excluding hydrogens is 407 g/mol. The molecule has 3 unspecified atom stereocenters. The van der Waals surface area contributed by atoms with Crippen molar-refractivity contribution in [3.05, 3.63) is 0 Å². The minimum absolute atomic E-state index is 0.130. The molecule has 0 amide bonds. The molecule has 29 heavy (non-hydrogen) atoms. The Hall–Kier alpha value is 0.460. The summed E-state index contributed by atoms with van der Waals surface area (Å²) in [5.74, 6) is 0. The quantitative estimate of drug-likeness (QED) is 0.421. The van der Waals surface area contributed by atoms with Gasteiger partial charge in [-0.05, 0) is 83.5 Å². The van der Waals surface area contributed by atoms with Crippen LogP contribution in [0.15, 0.2) is 0 Å². The summed E-state index contributed by atoms with van der Waals surface area (Å²) in [5.41, 5.74) is 0. The predicted molar refractivity (Wildman–Crippen MR) is 119 cm³/mol. The van der Waals surface area contributed by atoms with Crippen molar-refractivity contribution in [3.63, 3.8) is 0 Å². The molecule has 0 aliphatic heterocycles. The van der Waals surface area contributed by atoms with Crippen LogP contribution in [-0.2, 0) is 14.2 Å². The third-order valence-electron chi connectivity index (χ3n) is 7.58. The lowest BCUT2D eigenvalue weighted by Crippen LogP contribution is -2.39. The van der Waals surface area contributed by atoms with Gasteiger partial charge in [-0.1, -0.05) is 19.3 Å². The summed E-state index contributed by atoms with van der Waals surface area (Å²) in [6.07, 6.45) is 21.0. The molecule has 0 N–H and O–H groups in total. The van der Waals surface area contributed by atoms with Crippen molar-refractivity contribution in [1.82, 2.24) is 0 Å². The van der Waals surface area contributed by atoms with Gasteiger partial charge >= 0.3 is 0 Å². The zero-order valence-corrected chi connectivity index (χ0v) is 19.4. The Morgan fingerprint density at radius 3 is 1.41 bits per heavy atom. The van der Waals surface area contributed by atoms with Crippen molar-refractivity contribution in [2.75, 3.05) is 0 Å². The molecule has 0 aromatic heterocycles. The van der Waals surface area contributed by atoms with Gasteiger partial charge in [-0.3, -0.25) is 0 Å². The van der Waals surface area contributed by atoms with Crippen LogP contribution in [0, 0.1) is 0 Å². The summed E-state index contributed by atoms with van der Waals surface area (Å²) >= 11 is 12.8. The smallest absolute Gasteiger partial charge is 0.0756 e. The van der Waals surface area contributed by atoms with Crippen LogP contribution < -0.4 is 0 Å². The first-order valence-electron chi connectivity index (χ1n) is 12.4. The Bertz CT molecular complexity index is 469. The lowest BCUT2D eigenvalue weighted by molar-refractivity contribution is -0.109. The third kappa shape index (κ3) is 6.97. The summed E-state index contributed by atoms with van der Waals surface area (Å²) in [5, 5.41) is 0.358. The zero-order valence-electron chi connectivity index (χ0n) is 17.9. The highest BCUT2D eigenvalue weighted by Gasteiger charge is 2.33. The Labute approximate surface area is 187 Å². The van der Waals surface area contributed by atoms with E-state index in [1.54, 1.807) is 0 Å². The molecule has 168 valence electrons. The average molecular weight is 447 g/mol. The van der Waals surface area contributed by atoms with Gasteiger partial charge in [-0.25, -0.2) is 0 Å². The van der Waals surface area contributed by atoms with E-state index in [-0.39, 0.29) is 16.9 Å². The van der Waals surface area contributed by atoms with Crippen molar-refractivity contribution < 1.29 is 14.2 Å². The van der Waals surface area contributed by atoms with Gasteiger partial charge in [0, 0.05) is 5.38 Å². The van der Waals surface area contributed by atoms with Crippen molar-refractivity contribution in [2.24, 2.45) is 0 Å². The summed E-state index contributed by atoms with van der Waals surface area (Å²) in [6, 6.07) is 0. The van der Waals surface area contributed by atoms with Crippen LogP contribution in [0.25, 0.3) is 0 Å². The number of halogens is 2. The molecule has 0 heterocycles. The summed E-state index contributed by atoms with van der Waals surface area (Å²) in [4.78, 5) is 0. The van der Waals surface area contributed by atoms with Crippen molar-refractivity contribution in [1.29, 1.82) is 0 Å². The van der Waals surface area contributed by atoms with Gasteiger partial charge in [0.1, 0.15) is 0 Å². The second-order valence-corrected chi connectivity index (χ2v) is 11.1. The molecule has 0 aromatic rings. The van der Waals surface area contributed by atoms with E-state index in [1.807, 2.05) is 0 Å². The van der Waals surface area contributed by atoms with Gasteiger partial charge in [0.15, 0.2) is 0 Å². The van der Waals surface area contributed by atoms with Crippen LogP contribution >= 0.6 is 23.2 Å². The normalized spacial score (nSPS) is 42.6. The number of alkyl halides is 2. The van der Waals surface area contributed by atoms with E-state index in [0.29, 0.717) is 30.5 Å². The van der Waals surface area contributed by atoms with Gasteiger partial charge < -0.3 is 14.2 Å². The molecule has 0 aromatic carbocycles. The maximum absolute atomic E-state index is 6.49. The van der Waals surface area contributed by atoms with Crippen molar-refractivity contribution in [2.45, 2.75) is 150 Å². The lowest BCUT2D eigenvalue weighted by atomic mass is 9.91. The fourth-order valence-corrected chi connectivity index (χ4v) is 6.38. The van der Waals surface area contributed by atoms with Crippen LogP contribution in [0.3, 0.4) is 0 Å². The van der Waals surface area contributed by atoms with E-state index >= 15 is 0 Å². The SMILES string of the molecule is ClC1CCC(Cl)C(OC2CCC(OC3CCC(OC4CCCCC4)CC3)CC2)C1. The van der Waals surface area contributed by atoms with Gasteiger partial charge in [-0.2, -0.15) is 0 Å². The largest absolute Gasteiger partial charge is 0.375 e. The summed E-state index contributed by atoms with van der Waals surface area (Å²) in [7, 11) is 0. The molecule has 4 aliphatic carbocycles. The Morgan fingerprint density at radius 1 is 0.448 bits per heavy atom. The van der Waals surface area contributed by atoms with Crippen LogP contribution in [0.5, 0.6) is 0 Å². The van der Waals surface area contributed by atoms with Crippen LogP contribution in [0.4, 0.5) is 0 Å². The average Bonchev–Trinajstić information content (AvgIpc) is 2.74. The highest BCUT2D eigenvalue weighted by molar-refractivity contribution is 6.22. The molecule has 4 aliphatic rings. The molecule has 0 spiro atoms. The van der Waals surface area contributed by atoms with Crippen molar-refractivity contribution in [3.8, 4) is 0 Å². The van der Waals surface area contributed by atoms with E-state index < -0.39 is 0 Å². The molecule has 3 nitrogen and oxygen atoms in total. The van der Waals surface area contributed by atoms with Crippen LogP contribution in [0.1, 0.15) is 103 Å². The van der Waals surface area contributed by atoms with E-state index in [4.69, 9.17) is 37.4 Å². The highest BCUT2D eigenvalue weighted by Crippen LogP contribution is 2.34. The fourth-order valence-electron chi connectivity index (χ4n) is 5.79. The summed E-state index contributed by atoms with van der Waals surface area (Å²) < 4.78 is 19.2. The number of rotatable bonds is 6. The molecule has 4 rings (SSSR count). The lowest BCUT2D eigenvalue weighted by Gasteiger charge is -2.38. The Kier molecular flexibility index (Phi) is 8.87. The molecule has 0 bridgehead atoms. The van der Waals surface area contributed by atoms with Gasteiger partial charge in [0.25, 0.3) is 0 Å². The second kappa shape index (κ2) is 11.4. The predicted octanol–water partition coefficient (Wildman–Crippen LogP) is 6.76. The van der Waals surface area contributed by atoms with E-state index in [9.17, 15) is 0 Å². The molecule has 4 fully saturated rings. The van der Waals surface area contributed by atoms with Gasteiger partial charge in [0.05, 0.1) is 42.0 Å². The molecule has 5 heteroatoms. The second-order valence-electron chi connectivity index (χ2n) is 9.93. The van der Waals surface area contributed by atoms with E-state index in [0.717, 1.165) is 44.9 Å². The Morgan fingerprint density at radius 2 is 0.897 bits per heavy atom. The standard InChI is InChI=1S/C24H40Cl2O3/c25-17-6-15-23(26)24(16-17)29-22-13-11-21(12-14-22)28-20-9-7-19(8-10-20)27-18-4-2-1-3-5-18/h17-24H,1-16H2. The van der Waals surface area contributed by atoms with Crippen LogP contribution in [-0.4, -0.2) is 47.4 Å². The van der Waals surface area contributed by atoms with Gasteiger partial charge in [-0.15, -0.1) is 23.2 Å².